The minimum atomic E-state index is -3.33. The number of benzene rings is 1. The summed E-state index contributed by atoms with van der Waals surface area (Å²) in [6, 6.07) is 9.05. The number of hydrogen-bond acceptors (Lipinski definition) is 3. The molecule has 0 aromatic heterocycles. The van der Waals surface area contributed by atoms with Gasteiger partial charge in [-0.15, -0.1) is 0 Å². The van der Waals surface area contributed by atoms with E-state index in [4.69, 9.17) is 0 Å². The number of nitrogens with zero attached hydrogens (tertiary/aromatic N) is 1. The molecule has 5 nitrogen and oxygen atoms in total. The van der Waals surface area contributed by atoms with E-state index in [-0.39, 0.29) is 12.5 Å². The fourth-order valence-corrected chi connectivity index (χ4v) is 4.37. The largest absolute Gasteiger partial charge is 0.337 e. The third-order valence-electron chi connectivity index (χ3n) is 4.40. The van der Waals surface area contributed by atoms with Crippen LogP contribution in [0, 0.1) is 5.92 Å². The number of piperidine rings is 1. The lowest BCUT2D eigenvalue weighted by atomic mass is 10.1. The summed E-state index contributed by atoms with van der Waals surface area (Å²) in [6.07, 6.45) is 3.59. The number of sulfonamides is 1. The van der Waals surface area contributed by atoms with Gasteiger partial charge in [0, 0.05) is 25.2 Å². The Morgan fingerprint density at radius 3 is 2.59 bits per heavy atom. The first-order valence-electron chi connectivity index (χ1n) is 7.89. The lowest BCUT2D eigenvalue weighted by Crippen LogP contribution is -2.48. The molecule has 1 saturated carbocycles. The second kappa shape index (κ2) is 6.38. The molecule has 0 radical (unpaired) electrons. The van der Waals surface area contributed by atoms with Gasteiger partial charge >= 0.3 is 0 Å². The number of rotatable bonds is 5. The molecule has 0 unspecified atom stereocenters. The van der Waals surface area contributed by atoms with E-state index in [1.54, 1.807) is 17.0 Å². The van der Waals surface area contributed by atoms with Gasteiger partial charge < -0.3 is 4.90 Å². The third kappa shape index (κ3) is 3.67. The lowest BCUT2D eigenvalue weighted by Gasteiger charge is -2.32. The normalized spacial score (nSPS) is 22.5. The maximum absolute atomic E-state index is 12.5. The Hall–Kier alpha value is -1.40. The average molecular weight is 322 g/mol. The van der Waals surface area contributed by atoms with Crippen LogP contribution < -0.4 is 4.72 Å². The van der Waals surface area contributed by atoms with Gasteiger partial charge in [-0.3, -0.25) is 4.79 Å². The fourth-order valence-electron chi connectivity index (χ4n) is 2.81. The Morgan fingerprint density at radius 1 is 1.18 bits per heavy atom. The monoisotopic (exact) mass is 322 g/mol. The van der Waals surface area contributed by atoms with Crippen molar-refractivity contribution in [3.05, 3.63) is 35.9 Å². The van der Waals surface area contributed by atoms with Gasteiger partial charge in [0.1, 0.15) is 0 Å². The number of likely N-dealkylation sites (tertiary alicyclic amines) is 1. The second-order valence-corrected chi connectivity index (χ2v) is 8.26. The van der Waals surface area contributed by atoms with Crippen molar-refractivity contribution in [2.24, 2.45) is 5.92 Å². The van der Waals surface area contributed by atoms with E-state index in [0.29, 0.717) is 31.0 Å². The molecule has 1 aliphatic heterocycles. The number of hydrogen-bond donors (Lipinski definition) is 1. The van der Waals surface area contributed by atoms with Crippen molar-refractivity contribution in [1.82, 2.24) is 9.62 Å². The standard InChI is InChI=1S/C16H22N2O3S/c19-16(14-5-2-1-3-6-14)18-10-4-7-15(12-18)22(20,21)17-11-13-8-9-13/h1-3,5-6,13,15,17H,4,7-12H2/t15-/m1/s1. The quantitative estimate of drug-likeness (QED) is 0.896. The fraction of sp³-hybridized carbons (Fsp3) is 0.562. The Balaban J connectivity index is 1.64. The van der Waals surface area contributed by atoms with Gasteiger partial charge in [0.25, 0.3) is 5.91 Å². The zero-order chi connectivity index (χ0) is 15.6. The molecule has 1 N–H and O–H groups in total. The molecule has 120 valence electrons. The predicted octanol–water partition coefficient (Wildman–Crippen LogP) is 1.62. The zero-order valence-corrected chi connectivity index (χ0v) is 13.4. The van der Waals surface area contributed by atoms with Crippen LogP contribution in [0.15, 0.2) is 30.3 Å². The van der Waals surface area contributed by atoms with Crippen molar-refractivity contribution < 1.29 is 13.2 Å². The van der Waals surface area contributed by atoms with E-state index in [9.17, 15) is 13.2 Å². The number of carbonyl (C=O) groups excluding carboxylic acids is 1. The summed E-state index contributed by atoms with van der Waals surface area (Å²) in [5, 5.41) is -0.493. The van der Waals surface area contributed by atoms with Gasteiger partial charge in [-0.05, 0) is 43.7 Å². The van der Waals surface area contributed by atoms with Crippen LogP contribution in [-0.2, 0) is 10.0 Å². The van der Waals surface area contributed by atoms with E-state index in [1.165, 1.54) is 0 Å². The summed E-state index contributed by atoms with van der Waals surface area (Å²) in [4.78, 5) is 14.1. The molecule has 0 bridgehead atoms. The molecule has 1 amide bonds. The van der Waals surface area contributed by atoms with Gasteiger partial charge in [0.15, 0.2) is 0 Å². The SMILES string of the molecule is O=C(c1ccccc1)N1CCC[C@@H](S(=O)(=O)NCC2CC2)C1. The summed E-state index contributed by atoms with van der Waals surface area (Å²) < 4.78 is 27.5. The minimum absolute atomic E-state index is 0.0808. The number of carbonyl (C=O) groups is 1. The maximum Gasteiger partial charge on any atom is 0.253 e. The lowest BCUT2D eigenvalue weighted by molar-refractivity contribution is 0.0726. The van der Waals surface area contributed by atoms with Crippen LogP contribution in [0.1, 0.15) is 36.0 Å². The van der Waals surface area contributed by atoms with Crippen molar-refractivity contribution in [2.75, 3.05) is 19.6 Å². The Bertz CT molecular complexity index is 626. The topological polar surface area (TPSA) is 66.5 Å². The van der Waals surface area contributed by atoms with E-state index in [0.717, 1.165) is 19.3 Å². The molecular weight excluding hydrogens is 300 g/mol. The summed E-state index contributed by atoms with van der Waals surface area (Å²) in [5.74, 6) is 0.433. The van der Waals surface area contributed by atoms with Gasteiger partial charge in [-0.25, -0.2) is 13.1 Å². The predicted molar refractivity (Wildman–Crippen MR) is 85.0 cm³/mol. The maximum atomic E-state index is 12.5. The highest BCUT2D eigenvalue weighted by Crippen LogP contribution is 2.28. The molecule has 2 aliphatic rings. The first kappa shape index (κ1) is 15.5. The first-order valence-corrected chi connectivity index (χ1v) is 9.44. The molecule has 6 heteroatoms. The summed E-state index contributed by atoms with van der Waals surface area (Å²) in [7, 11) is -3.33. The van der Waals surface area contributed by atoms with Crippen LogP contribution in [0.25, 0.3) is 0 Å². The van der Waals surface area contributed by atoms with Gasteiger partial charge in [0.2, 0.25) is 10.0 Å². The smallest absolute Gasteiger partial charge is 0.253 e. The van der Waals surface area contributed by atoms with E-state index in [2.05, 4.69) is 4.72 Å². The van der Waals surface area contributed by atoms with E-state index >= 15 is 0 Å². The Kier molecular flexibility index (Phi) is 4.49. The highest BCUT2D eigenvalue weighted by atomic mass is 32.2. The van der Waals surface area contributed by atoms with Gasteiger partial charge in [0.05, 0.1) is 5.25 Å². The molecule has 3 rings (SSSR count). The second-order valence-electron chi connectivity index (χ2n) is 6.22. The Labute approximate surface area is 131 Å². The van der Waals surface area contributed by atoms with Crippen molar-refractivity contribution in [1.29, 1.82) is 0 Å². The van der Waals surface area contributed by atoms with Crippen LogP contribution in [0.5, 0.6) is 0 Å². The third-order valence-corrected chi connectivity index (χ3v) is 6.23. The van der Waals surface area contributed by atoms with Gasteiger partial charge in [-0.2, -0.15) is 0 Å². The van der Waals surface area contributed by atoms with Crippen molar-refractivity contribution in [2.45, 2.75) is 30.9 Å². The average Bonchev–Trinajstić information content (AvgIpc) is 3.38. The first-order chi connectivity index (χ1) is 10.6. The van der Waals surface area contributed by atoms with E-state index in [1.807, 2.05) is 18.2 Å². The van der Waals surface area contributed by atoms with Crippen molar-refractivity contribution in [3.63, 3.8) is 0 Å². The molecule has 0 spiro atoms. The molecular formula is C16H22N2O3S. The van der Waals surface area contributed by atoms with Crippen LogP contribution in [-0.4, -0.2) is 44.1 Å². The molecule has 1 aliphatic carbocycles. The molecule has 1 atom stereocenters. The Morgan fingerprint density at radius 2 is 1.91 bits per heavy atom. The minimum Gasteiger partial charge on any atom is -0.337 e. The number of nitrogens with one attached hydrogen (secondary N) is 1. The zero-order valence-electron chi connectivity index (χ0n) is 12.6. The highest BCUT2D eigenvalue weighted by molar-refractivity contribution is 7.90. The van der Waals surface area contributed by atoms with Crippen LogP contribution in [0.3, 0.4) is 0 Å². The van der Waals surface area contributed by atoms with Crippen LogP contribution in [0.4, 0.5) is 0 Å². The van der Waals surface area contributed by atoms with Gasteiger partial charge in [-0.1, -0.05) is 18.2 Å². The molecule has 1 heterocycles. The summed E-state index contributed by atoms with van der Waals surface area (Å²) in [6.45, 7) is 1.46. The molecule has 1 aromatic carbocycles. The van der Waals surface area contributed by atoms with Crippen molar-refractivity contribution in [3.8, 4) is 0 Å². The summed E-state index contributed by atoms with van der Waals surface area (Å²) in [5.41, 5.74) is 0.617. The summed E-state index contributed by atoms with van der Waals surface area (Å²) >= 11 is 0. The van der Waals surface area contributed by atoms with E-state index < -0.39 is 15.3 Å². The number of amides is 1. The van der Waals surface area contributed by atoms with Crippen LogP contribution >= 0.6 is 0 Å². The molecule has 1 aromatic rings. The molecule has 2 fully saturated rings. The van der Waals surface area contributed by atoms with Crippen molar-refractivity contribution >= 4 is 15.9 Å². The molecule has 22 heavy (non-hydrogen) atoms. The molecule has 1 saturated heterocycles. The highest BCUT2D eigenvalue weighted by Gasteiger charge is 2.34. The van der Waals surface area contributed by atoms with Crippen LogP contribution in [0.2, 0.25) is 0 Å².